The molecule has 1 N–H and O–H groups in total. The van der Waals surface area contributed by atoms with Gasteiger partial charge in [-0.25, -0.2) is 13.2 Å². The van der Waals surface area contributed by atoms with Gasteiger partial charge in [0.25, 0.3) is 5.92 Å². The number of benzene rings is 1. The van der Waals surface area contributed by atoms with Crippen LogP contribution < -0.4 is 5.32 Å². The highest BCUT2D eigenvalue weighted by Crippen LogP contribution is 2.43. The largest absolute Gasteiger partial charge is 0.309 e. The summed E-state index contributed by atoms with van der Waals surface area (Å²) >= 11 is 0. The van der Waals surface area contributed by atoms with E-state index in [1.165, 1.54) is 12.1 Å². The summed E-state index contributed by atoms with van der Waals surface area (Å²) in [7, 11) is 0. The Hall–Kier alpha value is -2.35. The minimum Gasteiger partial charge on any atom is -0.309 e. The molecule has 8 heteroatoms. The smallest absolute Gasteiger partial charge is 0.251 e. The standard InChI is InChI=1S/C22H27F3N4O/c1-21(2,3)12-18(30)26-20-19(14-4-6-15(23)7-5-14)17-13-28(8-9-29(17)27-20)16-10-22(24,25)11-16/h4-7,16H,8-13H2,1-3H3,(H,26,27,30). The predicted octanol–water partition coefficient (Wildman–Crippen LogP) is 4.68. The van der Waals surface area contributed by atoms with Gasteiger partial charge in [0, 0.05) is 44.0 Å². The highest BCUT2D eigenvalue weighted by atomic mass is 19.3. The molecular formula is C22H27F3N4O. The molecule has 0 unspecified atom stereocenters. The highest BCUT2D eigenvalue weighted by molar-refractivity contribution is 5.95. The summed E-state index contributed by atoms with van der Waals surface area (Å²) < 4.78 is 42.1. The molecule has 1 aromatic carbocycles. The van der Waals surface area contributed by atoms with Gasteiger partial charge in [-0.2, -0.15) is 5.10 Å². The van der Waals surface area contributed by atoms with Crippen molar-refractivity contribution >= 4 is 11.7 Å². The Morgan fingerprint density at radius 2 is 1.87 bits per heavy atom. The van der Waals surface area contributed by atoms with Crippen molar-refractivity contribution in [3.63, 3.8) is 0 Å². The van der Waals surface area contributed by atoms with Crippen molar-refractivity contribution in [2.45, 2.75) is 65.1 Å². The lowest BCUT2D eigenvalue weighted by atomic mass is 9.86. The van der Waals surface area contributed by atoms with E-state index in [9.17, 15) is 18.0 Å². The van der Waals surface area contributed by atoms with Gasteiger partial charge >= 0.3 is 0 Å². The fourth-order valence-electron chi connectivity index (χ4n) is 4.20. The summed E-state index contributed by atoms with van der Waals surface area (Å²) in [4.78, 5) is 14.6. The minimum atomic E-state index is -2.58. The van der Waals surface area contributed by atoms with Gasteiger partial charge in [0.1, 0.15) is 5.82 Å². The molecule has 5 nitrogen and oxygen atoms in total. The second-order valence-electron chi connectivity index (χ2n) is 9.57. The van der Waals surface area contributed by atoms with E-state index < -0.39 is 5.92 Å². The van der Waals surface area contributed by atoms with Crippen LogP contribution in [0.1, 0.15) is 45.7 Å². The van der Waals surface area contributed by atoms with Crippen molar-refractivity contribution in [3.05, 3.63) is 35.8 Å². The number of carbonyl (C=O) groups excluding carboxylic acids is 1. The van der Waals surface area contributed by atoms with Crippen molar-refractivity contribution in [1.82, 2.24) is 14.7 Å². The van der Waals surface area contributed by atoms with Gasteiger partial charge in [0.05, 0.1) is 12.2 Å². The third-order valence-electron chi connectivity index (χ3n) is 5.68. The Morgan fingerprint density at radius 1 is 1.20 bits per heavy atom. The molecule has 1 saturated carbocycles. The number of carbonyl (C=O) groups is 1. The number of anilines is 1. The van der Waals surface area contributed by atoms with Crippen molar-refractivity contribution < 1.29 is 18.0 Å². The number of rotatable bonds is 4. The zero-order valence-electron chi connectivity index (χ0n) is 17.5. The molecule has 0 saturated heterocycles. The summed E-state index contributed by atoms with van der Waals surface area (Å²) in [6.45, 7) is 7.61. The lowest BCUT2D eigenvalue weighted by molar-refractivity contribution is -0.128. The normalized spacial score (nSPS) is 19.3. The average molecular weight is 420 g/mol. The van der Waals surface area contributed by atoms with Gasteiger partial charge in [-0.1, -0.05) is 32.9 Å². The van der Waals surface area contributed by atoms with Crippen molar-refractivity contribution in [1.29, 1.82) is 0 Å². The number of halogens is 3. The Balaban J connectivity index is 1.65. The quantitative estimate of drug-likeness (QED) is 0.782. The molecule has 0 atom stereocenters. The SMILES string of the molecule is CC(C)(C)CC(=O)Nc1nn2c(c1-c1ccc(F)cc1)CN(C1CC(F)(F)C1)CC2. The average Bonchev–Trinajstić information content (AvgIpc) is 2.95. The summed E-state index contributed by atoms with van der Waals surface area (Å²) in [6, 6.07) is 5.90. The Labute approximate surface area is 174 Å². The molecule has 2 aliphatic rings. The minimum absolute atomic E-state index is 0.123. The first-order valence-corrected chi connectivity index (χ1v) is 10.3. The van der Waals surface area contributed by atoms with Crippen LogP contribution >= 0.6 is 0 Å². The molecule has 162 valence electrons. The van der Waals surface area contributed by atoms with Crippen LogP contribution in [-0.2, 0) is 17.9 Å². The first-order chi connectivity index (χ1) is 14.0. The molecule has 0 spiro atoms. The number of alkyl halides is 2. The van der Waals surface area contributed by atoms with E-state index in [1.807, 2.05) is 25.5 Å². The number of nitrogens with zero attached hydrogens (tertiary/aromatic N) is 3. The summed E-state index contributed by atoms with van der Waals surface area (Å²) in [5.74, 6) is -2.63. The first kappa shape index (κ1) is 20.9. The topological polar surface area (TPSA) is 50.2 Å². The maximum absolute atomic E-state index is 13.5. The third-order valence-corrected chi connectivity index (χ3v) is 5.68. The Kier molecular flexibility index (Phi) is 5.16. The molecule has 30 heavy (non-hydrogen) atoms. The van der Waals surface area contributed by atoms with E-state index in [0.29, 0.717) is 31.9 Å². The zero-order chi connectivity index (χ0) is 21.7. The van der Waals surface area contributed by atoms with Crippen LogP contribution in [0.4, 0.5) is 19.0 Å². The van der Waals surface area contributed by atoms with Gasteiger partial charge in [0.2, 0.25) is 5.91 Å². The highest BCUT2D eigenvalue weighted by Gasteiger charge is 2.48. The Bertz CT molecular complexity index is 939. The van der Waals surface area contributed by atoms with E-state index in [-0.39, 0.29) is 36.0 Å². The second-order valence-corrected chi connectivity index (χ2v) is 9.57. The zero-order valence-corrected chi connectivity index (χ0v) is 17.5. The van der Waals surface area contributed by atoms with Gasteiger partial charge in [0.15, 0.2) is 5.82 Å². The first-order valence-electron chi connectivity index (χ1n) is 10.3. The van der Waals surface area contributed by atoms with Crippen LogP contribution in [0.15, 0.2) is 24.3 Å². The number of hydrogen-bond donors (Lipinski definition) is 1. The number of aromatic nitrogens is 2. The summed E-state index contributed by atoms with van der Waals surface area (Å²) in [6.07, 6.45) is 0.0890. The van der Waals surface area contributed by atoms with Gasteiger partial charge < -0.3 is 5.32 Å². The van der Waals surface area contributed by atoms with Crippen LogP contribution in [-0.4, -0.2) is 39.1 Å². The van der Waals surface area contributed by atoms with Crippen molar-refractivity contribution in [2.24, 2.45) is 5.41 Å². The van der Waals surface area contributed by atoms with E-state index in [4.69, 9.17) is 0 Å². The lowest BCUT2D eigenvalue weighted by Gasteiger charge is -2.44. The number of nitrogens with one attached hydrogen (secondary N) is 1. The molecule has 2 heterocycles. The molecule has 1 amide bonds. The van der Waals surface area contributed by atoms with Crippen LogP contribution in [0, 0.1) is 11.2 Å². The van der Waals surface area contributed by atoms with E-state index in [1.54, 1.807) is 12.1 Å². The molecule has 0 bridgehead atoms. The van der Waals surface area contributed by atoms with E-state index >= 15 is 0 Å². The fraction of sp³-hybridized carbons (Fsp3) is 0.545. The summed E-state index contributed by atoms with van der Waals surface area (Å²) in [5, 5.41) is 7.52. The predicted molar refractivity (Wildman–Crippen MR) is 109 cm³/mol. The van der Waals surface area contributed by atoms with Crippen LogP contribution in [0.25, 0.3) is 11.1 Å². The van der Waals surface area contributed by atoms with Crippen LogP contribution in [0.5, 0.6) is 0 Å². The maximum atomic E-state index is 13.5. The number of fused-ring (bicyclic) bond motifs is 1. The second kappa shape index (κ2) is 7.41. The number of amides is 1. The van der Waals surface area contributed by atoms with Crippen LogP contribution in [0.3, 0.4) is 0 Å². The van der Waals surface area contributed by atoms with Crippen LogP contribution in [0.2, 0.25) is 0 Å². The molecule has 1 fully saturated rings. The molecule has 4 rings (SSSR count). The molecular weight excluding hydrogens is 393 g/mol. The Morgan fingerprint density at radius 3 is 2.47 bits per heavy atom. The van der Waals surface area contributed by atoms with Crippen molar-refractivity contribution in [3.8, 4) is 11.1 Å². The van der Waals surface area contributed by atoms with Gasteiger partial charge in [-0.05, 0) is 23.1 Å². The van der Waals surface area contributed by atoms with Gasteiger partial charge in [-0.3, -0.25) is 14.4 Å². The van der Waals surface area contributed by atoms with E-state index in [0.717, 1.165) is 16.8 Å². The number of hydrogen-bond acceptors (Lipinski definition) is 3. The molecule has 2 aromatic rings. The summed E-state index contributed by atoms with van der Waals surface area (Å²) in [5.41, 5.74) is 2.15. The monoisotopic (exact) mass is 420 g/mol. The third kappa shape index (κ3) is 4.38. The van der Waals surface area contributed by atoms with E-state index in [2.05, 4.69) is 15.3 Å². The van der Waals surface area contributed by atoms with Crippen molar-refractivity contribution in [2.75, 3.05) is 11.9 Å². The molecule has 1 aliphatic carbocycles. The fourth-order valence-corrected chi connectivity index (χ4v) is 4.20. The van der Waals surface area contributed by atoms with Gasteiger partial charge in [-0.15, -0.1) is 0 Å². The lowest BCUT2D eigenvalue weighted by Crippen LogP contribution is -2.52. The molecule has 1 aliphatic heterocycles. The molecule has 0 radical (unpaired) electrons. The molecule has 1 aromatic heterocycles. The maximum Gasteiger partial charge on any atom is 0.251 e.